The highest BCUT2D eigenvalue weighted by Gasteiger charge is 2.35. The Morgan fingerprint density at radius 1 is 0.920 bits per heavy atom. The zero-order chi connectivity index (χ0) is 18.9. The number of ether oxygens (including phenoxy) is 2. The van der Waals surface area contributed by atoms with E-state index in [2.05, 4.69) is 6.58 Å². The normalized spacial score (nSPS) is 10.3. The van der Waals surface area contributed by atoms with Crippen LogP contribution in [-0.4, -0.2) is 18.0 Å². The lowest BCUT2D eigenvalue weighted by Crippen LogP contribution is -2.18. The number of benzene rings is 2. The molecular weight excluding hydrogens is 381 g/mol. The van der Waals surface area contributed by atoms with Crippen molar-refractivity contribution in [2.24, 2.45) is 0 Å². The summed E-state index contributed by atoms with van der Waals surface area (Å²) in [4.78, 5) is 0. The maximum Gasteiger partial charge on any atom is 0.201 e. The number of hydrogen-bond donors (Lipinski definition) is 0. The van der Waals surface area contributed by atoms with E-state index in [0.717, 1.165) is 22.6 Å². The molecule has 0 bridgehead atoms. The van der Waals surface area contributed by atoms with Crippen molar-refractivity contribution in [3.63, 3.8) is 0 Å². The summed E-state index contributed by atoms with van der Waals surface area (Å²) >= 11 is 18.6. The minimum atomic E-state index is -1.46. The molecule has 0 N–H and O–H groups in total. The molecule has 0 saturated carbocycles. The summed E-state index contributed by atoms with van der Waals surface area (Å²) in [5.41, 5.74) is 1.81. The molecule has 6 heteroatoms. The molecular formula is C19H18Cl3NO2. The Morgan fingerprint density at radius 3 is 1.44 bits per heavy atom. The lowest BCUT2D eigenvalue weighted by atomic mass is 9.92. The van der Waals surface area contributed by atoms with Crippen LogP contribution in [0.4, 0.5) is 0 Å². The van der Waals surface area contributed by atoms with Gasteiger partial charge < -0.3 is 9.47 Å². The lowest BCUT2D eigenvalue weighted by Gasteiger charge is -2.25. The number of alkyl halides is 3. The molecule has 132 valence electrons. The highest BCUT2D eigenvalue weighted by Crippen LogP contribution is 2.46. The van der Waals surface area contributed by atoms with Gasteiger partial charge in [0.15, 0.2) is 0 Å². The van der Waals surface area contributed by atoms with Gasteiger partial charge in [0.05, 0.1) is 26.2 Å². The molecule has 0 radical (unpaired) electrons. The minimum absolute atomic E-state index is 0.376. The number of rotatable bonds is 4. The van der Waals surface area contributed by atoms with Gasteiger partial charge in [-0.2, -0.15) is 5.26 Å². The predicted octanol–water partition coefficient (Wildman–Crippen LogP) is 5.90. The monoisotopic (exact) mass is 397 g/mol. The Balaban J connectivity index is 0.000000705. The Hall–Kier alpha value is -1.86. The van der Waals surface area contributed by atoms with Gasteiger partial charge in [-0.05, 0) is 35.4 Å². The molecule has 2 aromatic rings. The molecule has 25 heavy (non-hydrogen) atoms. The molecule has 0 aliphatic heterocycles. The number of nitriles is 1. The molecule has 0 atom stereocenters. The molecule has 0 fully saturated rings. The van der Waals surface area contributed by atoms with Crippen LogP contribution >= 0.6 is 34.8 Å². The fourth-order valence-corrected chi connectivity index (χ4v) is 2.92. The van der Waals surface area contributed by atoms with Gasteiger partial charge in [0, 0.05) is 6.08 Å². The van der Waals surface area contributed by atoms with Crippen LogP contribution in [0.1, 0.15) is 17.0 Å². The summed E-state index contributed by atoms with van der Waals surface area (Å²) < 4.78 is 8.85. The van der Waals surface area contributed by atoms with Crippen LogP contribution in [0.3, 0.4) is 0 Å². The molecule has 0 spiro atoms. The van der Waals surface area contributed by atoms with E-state index >= 15 is 0 Å². The summed E-state index contributed by atoms with van der Waals surface area (Å²) in [7, 11) is 3.23. The van der Waals surface area contributed by atoms with E-state index in [0.29, 0.717) is 0 Å². The molecule has 0 amide bonds. The number of halogens is 3. The van der Waals surface area contributed by atoms with Gasteiger partial charge in [-0.3, -0.25) is 0 Å². The molecule has 0 saturated heterocycles. The van der Waals surface area contributed by atoms with Gasteiger partial charge in [0.2, 0.25) is 3.79 Å². The first-order chi connectivity index (χ1) is 11.9. The molecule has 0 heterocycles. The fourth-order valence-electron chi connectivity index (χ4n) is 2.16. The number of methoxy groups -OCH3 is 2. The Bertz CT molecular complexity index is 654. The number of nitrogens with zero attached hydrogens (tertiary/aromatic N) is 1. The molecule has 0 aromatic heterocycles. The average molecular weight is 399 g/mol. The average Bonchev–Trinajstić information content (AvgIpc) is 2.62. The van der Waals surface area contributed by atoms with Crippen LogP contribution in [0.25, 0.3) is 0 Å². The largest absolute Gasteiger partial charge is 0.497 e. The smallest absolute Gasteiger partial charge is 0.201 e. The van der Waals surface area contributed by atoms with Gasteiger partial charge >= 0.3 is 0 Å². The van der Waals surface area contributed by atoms with E-state index in [1.165, 1.54) is 6.08 Å². The first-order valence-electron chi connectivity index (χ1n) is 7.22. The standard InChI is InChI=1S/C16H15Cl3O2.C3H3N/c1-20-13-7-3-11(4-8-13)15(16(17,18)19)12-5-9-14(21-2)10-6-12;1-2-3-4/h3-10,15H,1-2H3;2H,1H2. The molecule has 2 aromatic carbocycles. The van der Waals surface area contributed by atoms with Crippen molar-refractivity contribution in [2.45, 2.75) is 9.71 Å². The van der Waals surface area contributed by atoms with Crippen molar-refractivity contribution in [3.05, 3.63) is 72.3 Å². The predicted molar refractivity (Wildman–Crippen MR) is 104 cm³/mol. The first-order valence-corrected chi connectivity index (χ1v) is 8.35. The van der Waals surface area contributed by atoms with Crippen LogP contribution < -0.4 is 9.47 Å². The second kappa shape index (κ2) is 10.2. The third-order valence-electron chi connectivity index (χ3n) is 3.32. The SMILES string of the molecule is C=CC#N.COc1ccc(C(c2ccc(OC)cc2)C(Cl)(Cl)Cl)cc1. The second-order valence-corrected chi connectivity index (χ2v) is 7.22. The number of allylic oxidation sites excluding steroid dienone is 1. The Kier molecular flexibility index (Phi) is 8.65. The van der Waals surface area contributed by atoms with E-state index in [9.17, 15) is 0 Å². The first kappa shape index (κ1) is 21.2. The summed E-state index contributed by atoms with van der Waals surface area (Å²) in [6.45, 7) is 3.12. The summed E-state index contributed by atoms with van der Waals surface area (Å²) in [6, 6.07) is 16.7. The molecule has 2 rings (SSSR count). The molecule has 0 aliphatic carbocycles. The Morgan fingerprint density at radius 2 is 1.24 bits per heavy atom. The van der Waals surface area contributed by atoms with Crippen LogP contribution in [0, 0.1) is 11.3 Å². The zero-order valence-corrected chi connectivity index (χ0v) is 16.1. The van der Waals surface area contributed by atoms with E-state index in [1.807, 2.05) is 48.5 Å². The van der Waals surface area contributed by atoms with Crippen LogP contribution in [0.2, 0.25) is 0 Å². The summed E-state index contributed by atoms with van der Waals surface area (Å²) in [5.74, 6) is 1.15. The highest BCUT2D eigenvalue weighted by atomic mass is 35.6. The number of hydrogen-bond acceptors (Lipinski definition) is 3. The van der Waals surface area contributed by atoms with Crippen molar-refractivity contribution in [1.29, 1.82) is 5.26 Å². The van der Waals surface area contributed by atoms with Crippen molar-refractivity contribution in [1.82, 2.24) is 0 Å². The van der Waals surface area contributed by atoms with E-state index in [-0.39, 0.29) is 5.92 Å². The van der Waals surface area contributed by atoms with Crippen LogP contribution in [0.5, 0.6) is 11.5 Å². The minimum Gasteiger partial charge on any atom is -0.497 e. The van der Waals surface area contributed by atoms with Crippen molar-refractivity contribution >= 4 is 34.8 Å². The third-order valence-corrected chi connectivity index (χ3v) is 3.97. The van der Waals surface area contributed by atoms with Crippen molar-refractivity contribution in [3.8, 4) is 17.6 Å². The fraction of sp³-hybridized carbons (Fsp3) is 0.211. The summed E-state index contributed by atoms with van der Waals surface area (Å²) in [6.07, 6.45) is 1.18. The van der Waals surface area contributed by atoms with Gasteiger partial charge in [0.1, 0.15) is 11.5 Å². The molecule has 3 nitrogen and oxygen atoms in total. The van der Waals surface area contributed by atoms with Crippen LogP contribution in [0.15, 0.2) is 61.2 Å². The zero-order valence-electron chi connectivity index (χ0n) is 13.9. The molecule has 0 unspecified atom stereocenters. The van der Waals surface area contributed by atoms with Gasteiger partial charge in [-0.15, -0.1) is 0 Å². The van der Waals surface area contributed by atoms with Crippen LogP contribution in [-0.2, 0) is 0 Å². The van der Waals surface area contributed by atoms with Crippen molar-refractivity contribution in [2.75, 3.05) is 14.2 Å². The lowest BCUT2D eigenvalue weighted by molar-refractivity contribution is 0.414. The quantitative estimate of drug-likeness (QED) is 0.475. The van der Waals surface area contributed by atoms with Gasteiger partial charge in [0.25, 0.3) is 0 Å². The van der Waals surface area contributed by atoms with Crippen molar-refractivity contribution < 1.29 is 9.47 Å². The maximum atomic E-state index is 7.51. The Labute approximate surface area is 163 Å². The topological polar surface area (TPSA) is 42.2 Å². The van der Waals surface area contributed by atoms with E-state index < -0.39 is 3.79 Å². The van der Waals surface area contributed by atoms with Gasteiger partial charge in [-0.1, -0.05) is 65.6 Å². The highest BCUT2D eigenvalue weighted by molar-refractivity contribution is 6.68. The van der Waals surface area contributed by atoms with Gasteiger partial charge in [-0.25, -0.2) is 0 Å². The van der Waals surface area contributed by atoms with E-state index in [4.69, 9.17) is 49.5 Å². The second-order valence-electron chi connectivity index (χ2n) is 4.85. The maximum absolute atomic E-state index is 7.51. The summed E-state index contributed by atoms with van der Waals surface area (Å²) in [5, 5.41) is 7.51. The van der Waals surface area contributed by atoms with E-state index in [1.54, 1.807) is 20.3 Å². The molecule has 0 aliphatic rings. The third kappa shape index (κ3) is 6.51.